The maximum Gasteiger partial charge on any atom is 0.259 e. The summed E-state index contributed by atoms with van der Waals surface area (Å²) in [6, 6.07) is 11.7. The van der Waals surface area contributed by atoms with Gasteiger partial charge < -0.3 is 4.90 Å². The van der Waals surface area contributed by atoms with Crippen molar-refractivity contribution in [3.05, 3.63) is 58.3 Å². The maximum absolute atomic E-state index is 12.7. The van der Waals surface area contributed by atoms with Gasteiger partial charge in [-0.15, -0.1) is 0 Å². The number of rotatable bonds is 1. The summed E-state index contributed by atoms with van der Waals surface area (Å²) in [5.74, 6) is 0.487. The highest BCUT2D eigenvalue weighted by molar-refractivity contribution is 9.10. The van der Waals surface area contributed by atoms with Crippen molar-refractivity contribution in [2.75, 3.05) is 11.4 Å². The van der Waals surface area contributed by atoms with Crippen molar-refractivity contribution in [2.45, 2.75) is 13.3 Å². The summed E-state index contributed by atoms with van der Waals surface area (Å²) in [5, 5.41) is 0. The van der Waals surface area contributed by atoms with E-state index in [1.54, 1.807) is 18.3 Å². The molecular weight excluding hydrogens is 316 g/mol. The second kappa shape index (κ2) is 5.37. The van der Waals surface area contributed by atoms with Crippen LogP contribution in [0.2, 0.25) is 0 Å². The van der Waals surface area contributed by atoms with Crippen molar-refractivity contribution in [3.63, 3.8) is 0 Å². The average molecular weight is 331 g/mol. The molecule has 0 N–H and O–H groups in total. The molecule has 1 aliphatic heterocycles. The minimum atomic E-state index is 0.0176. The van der Waals surface area contributed by atoms with Crippen LogP contribution in [0, 0.1) is 5.92 Å². The summed E-state index contributed by atoms with van der Waals surface area (Å²) in [6.07, 6.45) is 2.65. The third-order valence-electron chi connectivity index (χ3n) is 3.56. The first-order chi connectivity index (χ1) is 9.65. The van der Waals surface area contributed by atoms with Crippen LogP contribution in [0.15, 0.2) is 47.2 Å². The number of halogens is 1. The van der Waals surface area contributed by atoms with E-state index in [9.17, 15) is 4.79 Å². The van der Waals surface area contributed by atoms with Gasteiger partial charge in [-0.05, 0) is 52.0 Å². The summed E-state index contributed by atoms with van der Waals surface area (Å²) < 4.78 is 0.737. The lowest BCUT2D eigenvalue weighted by molar-refractivity contribution is 0.0980. The molecule has 4 heteroatoms. The fourth-order valence-corrected chi connectivity index (χ4v) is 2.88. The van der Waals surface area contributed by atoms with Gasteiger partial charge >= 0.3 is 0 Å². The third-order valence-corrected chi connectivity index (χ3v) is 4.03. The summed E-state index contributed by atoms with van der Waals surface area (Å²) in [7, 11) is 0. The number of amides is 1. The van der Waals surface area contributed by atoms with E-state index in [1.165, 1.54) is 5.56 Å². The molecule has 1 aromatic carbocycles. The molecule has 0 saturated carbocycles. The molecule has 0 fully saturated rings. The molecule has 0 aliphatic carbocycles. The molecule has 3 nitrogen and oxygen atoms in total. The van der Waals surface area contributed by atoms with Gasteiger partial charge in [-0.25, -0.2) is 4.98 Å². The minimum absolute atomic E-state index is 0.0176. The van der Waals surface area contributed by atoms with E-state index in [4.69, 9.17) is 0 Å². The normalized spacial score (nSPS) is 17.7. The predicted octanol–water partition coefficient (Wildman–Crippen LogP) is 3.68. The maximum atomic E-state index is 12.7. The molecular formula is C16H15BrN2O. The first-order valence-electron chi connectivity index (χ1n) is 6.66. The van der Waals surface area contributed by atoms with Crippen LogP contribution in [0.5, 0.6) is 0 Å². The van der Waals surface area contributed by atoms with E-state index in [1.807, 2.05) is 23.1 Å². The van der Waals surface area contributed by atoms with Crippen molar-refractivity contribution >= 4 is 27.5 Å². The van der Waals surface area contributed by atoms with Crippen LogP contribution in [0.25, 0.3) is 0 Å². The monoisotopic (exact) mass is 330 g/mol. The SMILES string of the molecule is CC1Cc2ccccc2N(C(=O)c2ccc(Br)nc2)C1. The van der Waals surface area contributed by atoms with Gasteiger partial charge in [-0.1, -0.05) is 25.1 Å². The Hall–Kier alpha value is -1.68. The Labute approximate surface area is 126 Å². The Kier molecular flexibility index (Phi) is 3.57. The van der Waals surface area contributed by atoms with E-state index >= 15 is 0 Å². The molecule has 1 atom stereocenters. The second-order valence-electron chi connectivity index (χ2n) is 5.22. The van der Waals surface area contributed by atoms with Crippen LogP contribution in [-0.2, 0) is 6.42 Å². The van der Waals surface area contributed by atoms with Crippen LogP contribution in [-0.4, -0.2) is 17.4 Å². The van der Waals surface area contributed by atoms with Crippen LogP contribution in [0.1, 0.15) is 22.8 Å². The number of pyridine rings is 1. The Morgan fingerprint density at radius 3 is 2.85 bits per heavy atom. The largest absolute Gasteiger partial charge is 0.308 e. The van der Waals surface area contributed by atoms with Crippen molar-refractivity contribution in [3.8, 4) is 0 Å². The van der Waals surface area contributed by atoms with E-state index in [0.29, 0.717) is 11.5 Å². The summed E-state index contributed by atoms with van der Waals surface area (Å²) in [6.45, 7) is 2.93. The van der Waals surface area contributed by atoms with Crippen molar-refractivity contribution in [1.29, 1.82) is 0 Å². The Bertz CT molecular complexity index is 639. The zero-order valence-electron chi connectivity index (χ0n) is 11.2. The number of benzene rings is 1. The second-order valence-corrected chi connectivity index (χ2v) is 6.04. The lowest BCUT2D eigenvalue weighted by Gasteiger charge is -2.33. The standard InChI is InChI=1S/C16H15BrN2O/c1-11-8-12-4-2-3-5-14(12)19(10-11)16(20)13-6-7-15(17)18-9-13/h2-7,9,11H,8,10H2,1H3. The number of para-hydroxylation sites is 1. The average Bonchev–Trinajstić information content (AvgIpc) is 2.46. The first kappa shape index (κ1) is 13.3. The zero-order chi connectivity index (χ0) is 14.1. The van der Waals surface area contributed by atoms with E-state index in [-0.39, 0.29) is 5.91 Å². The smallest absolute Gasteiger partial charge is 0.259 e. The quantitative estimate of drug-likeness (QED) is 0.747. The summed E-state index contributed by atoms with van der Waals surface area (Å²) >= 11 is 3.29. The third kappa shape index (κ3) is 2.48. The Balaban J connectivity index is 1.97. The van der Waals surface area contributed by atoms with Gasteiger partial charge in [0.25, 0.3) is 5.91 Å². The lowest BCUT2D eigenvalue weighted by atomic mass is 9.93. The zero-order valence-corrected chi connectivity index (χ0v) is 12.8. The minimum Gasteiger partial charge on any atom is -0.308 e. The fourth-order valence-electron chi connectivity index (χ4n) is 2.65. The van der Waals surface area contributed by atoms with Crippen molar-refractivity contribution in [2.24, 2.45) is 5.92 Å². The van der Waals surface area contributed by atoms with Gasteiger partial charge in [-0.2, -0.15) is 0 Å². The molecule has 0 bridgehead atoms. The Morgan fingerprint density at radius 2 is 2.10 bits per heavy atom. The molecule has 0 radical (unpaired) electrons. The van der Waals surface area contributed by atoms with Gasteiger partial charge in [0.1, 0.15) is 4.60 Å². The van der Waals surface area contributed by atoms with E-state index < -0.39 is 0 Å². The molecule has 1 amide bonds. The Morgan fingerprint density at radius 1 is 1.30 bits per heavy atom. The van der Waals surface area contributed by atoms with E-state index in [0.717, 1.165) is 23.3 Å². The predicted molar refractivity (Wildman–Crippen MR) is 82.9 cm³/mol. The summed E-state index contributed by atoms with van der Waals surface area (Å²) in [5.41, 5.74) is 2.89. The van der Waals surface area contributed by atoms with Gasteiger partial charge in [-0.3, -0.25) is 4.79 Å². The van der Waals surface area contributed by atoms with Crippen LogP contribution < -0.4 is 4.90 Å². The highest BCUT2D eigenvalue weighted by atomic mass is 79.9. The summed E-state index contributed by atoms with van der Waals surface area (Å²) in [4.78, 5) is 18.7. The van der Waals surface area contributed by atoms with Crippen molar-refractivity contribution in [1.82, 2.24) is 4.98 Å². The number of carbonyl (C=O) groups excluding carboxylic acids is 1. The highest BCUT2D eigenvalue weighted by Gasteiger charge is 2.26. The molecule has 0 saturated heterocycles. The van der Waals surface area contributed by atoms with Gasteiger partial charge in [0.2, 0.25) is 0 Å². The number of aromatic nitrogens is 1. The topological polar surface area (TPSA) is 33.2 Å². The highest BCUT2D eigenvalue weighted by Crippen LogP contribution is 2.30. The molecule has 2 aromatic rings. The van der Waals surface area contributed by atoms with Gasteiger partial charge in [0, 0.05) is 18.4 Å². The van der Waals surface area contributed by atoms with Gasteiger partial charge in [0.05, 0.1) is 5.56 Å². The number of hydrogen-bond acceptors (Lipinski definition) is 2. The molecule has 20 heavy (non-hydrogen) atoms. The van der Waals surface area contributed by atoms with Crippen LogP contribution in [0.3, 0.4) is 0 Å². The first-order valence-corrected chi connectivity index (χ1v) is 7.46. The molecule has 102 valence electrons. The van der Waals surface area contributed by atoms with Crippen molar-refractivity contribution < 1.29 is 4.79 Å². The fraction of sp³-hybridized carbons (Fsp3) is 0.250. The molecule has 0 spiro atoms. The molecule has 3 rings (SSSR count). The number of hydrogen-bond donors (Lipinski definition) is 0. The molecule has 1 aromatic heterocycles. The molecule has 1 aliphatic rings. The van der Waals surface area contributed by atoms with Crippen LogP contribution in [0.4, 0.5) is 5.69 Å². The number of fused-ring (bicyclic) bond motifs is 1. The molecule has 1 unspecified atom stereocenters. The number of carbonyl (C=O) groups is 1. The number of anilines is 1. The molecule has 2 heterocycles. The lowest BCUT2D eigenvalue weighted by Crippen LogP contribution is -2.39. The van der Waals surface area contributed by atoms with Crippen LogP contribution >= 0.6 is 15.9 Å². The van der Waals surface area contributed by atoms with E-state index in [2.05, 4.69) is 33.9 Å². The number of nitrogens with zero attached hydrogens (tertiary/aromatic N) is 2. The van der Waals surface area contributed by atoms with Gasteiger partial charge in [0.15, 0.2) is 0 Å².